The lowest BCUT2D eigenvalue weighted by atomic mass is 9.94. The summed E-state index contributed by atoms with van der Waals surface area (Å²) in [4.78, 5) is 11.1. The molecule has 0 atom stereocenters. The van der Waals surface area contributed by atoms with Gasteiger partial charge in [0.25, 0.3) is 0 Å². The zero-order valence-corrected chi connectivity index (χ0v) is 8.75. The molecule has 0 aromatic carbocycles. The summed E-state index contributed by atoms with van der Waals surface area (Å²) < 4.78 is 10.8. The number of ether oxygens (including phenoxy) is 2. The van der Waals surface area contributed by atoms with E-state index in [0.29, 0.717) is 6.61 Å². The van der Waals surface area contributed by atoms with Crippen molar-refractivity contribution in [1.29, 1.82) is 0 Å². The largest absolute Gasteiger partial charge is 0.430 e. The zero-order chi connectivity index (χ0) is 10.4. The minimum absolute atomic E-state index is 0.389. The highest BCUT2D eigenvalue weighted by atomic mass is 16.7. The van der Waals surface area contributed by atoms with Gasteiger partial charge in [-0.3, -0.25) is 0 Å². The summed E-state index contributed by atoms with van der Waals surface area (Å²) in [5.41, 5.74) is 0. The molecule has 0 radical (unpaired) electrons. The Morgan fingerprint density at radius 1 is 1.43 bits per heavy atom. The number of hydrogen-bond donors (Lipinski definition) is 0. The number of carbonyl (C=O) groups is 1. The van der Waals surface area contributed by atoms with Gasteiger partial charge in [-0.25, -0.2) is 4.79 Å². The van der Waals surface area contributed by atoms with E-state index in [4.69, 9.17) is 9.47 Å². The van der Waals surface area contributed by atoms with Crippen LogP contribution in [0.2, 0.25) is 0 Å². The molecule has 0 spiro atoms. The van der Waals surface area contributed by atoms with Gasteiger partial charge < -0.3 is 9.47 Å². The van der Waals surface area contributed by atoms with Gasteiger partial charge in [-0.1, -0.05) is 13.0 Å². The lowest BCUT2D eigenvalue weighted by molar-refractivity contribution is -0.238. The Morgan fingerprint density at radius 3 is 2.57 bits per heavy atom. The van der Waals surface area contributed by atoms with Crippen molar-refractivity contribution < 1.29 is 14.3 Å². The van der Waals surface area contributed by atoms with Gasteiger partial charge in [-0.15, -0.1) is 0 Å². The predicted molar refractivity (Wildman–Crippen MR) is 53.7 cm³/mol. The van der Waals surface area contributed by atoms with E-state index >= 15 is 0 Å². The van der Waals surface area contributed by atoms with Crippen molar-refractivity contribution >= 4 is 5.97 Å². The van der Waals surface area contributed by atoms with E-state index in [1.807, 2.05) is 6.92 Å². The molecule has 1 saturated carbocycles. The fourth-order valence-corrected chi connectivity index (χ4v) is 1.85. The third-order valence-corrected chi connectivity index (χ3v) is 2.48. The van der Waals surface area contributed by atoms with Crippen LogP contribution in [0.4, 0.5) is 0 Å². The van der Waals surface area contributed by atoms with Crippen LogP contribution >= 0.6 is 0 Å². The van der Waals surface area contributed by atoms with Crippen LogP contribution in [0.1, 0.15) is 39.0 Å². The van der Waals surface area contributed by atoms with Gasteiger partial charge in [0.15, 0.2) is 0 Å². The zero-order valence-electron chi connectivity index (χ0n) is 8.75. The molecule has 0 aliphatic heterocycles. The Kier molecular flexibility index (Phi) is 4.14. The fraction of sp³-hybridized carbons (Fsp3) is 0.727. The Morgan fingerprint density at radius 2 is 2.07 bits per heavy atom. The molecule has 0 unspecified atom stereocenters. The monoisotopic (exact) mass is 198 g/mol. The van der Waals surface area contributed by atoms with Crippen molar-refractivity contribution in [2.75, 3.05) is 6.61 Å². The lowest BCUT2D eigenvalue weighted by Gasteiger charge is -2.35. The van der Waals surface area contributed by atoms with E-state index in [2.05, 4.69) is 6.58 Å². The third-order valence-electron chi connectivity index (χ3n) is 2.48. The molecule has 0 N–H and O–H groups in total. The first-order valence-corrected chi connectivity index (χ1v) is 5.22. The van der Waals surface area contributed by atoms with Crippen LogP contribution in [-0.4, -0.2) is 18.4 Å². The second-order valence-corrected chi connectivity index (χ2v) is 3.53. The van der Waals surface area contributed by atoms with Gasteiger partial charge in [-0.2, -0.15) is 0 Å². The summed E-state index contributed by atoms with van der Waals surface area (Å²) in [6.45, 7) is 5.88. The fourth-order valence-electron chi connectivity index (χ4n) is 1.85. The maximum absolute atomic E-state index is 11.1. The molecule has 1 fully saturated rings. The first-order valence-electron chi connectivity index (χ1n) is 5.22. The molecule has 0 saturated heterocycles. The Labute approximate surface area is 85.1 Å². The third kappa shape index (κ3) is 2.84. The van der Waals surface area contributed by atoms with E-state index in [1.54, 1.807) is 0 Å². The average molecular weight is 198 g/mol. The summed E-state index contributed by atoms with van der Waals surface area (Å²) in [5, 5.41) is 0. The molecule has 0 heterocycles. The number of carbonyl (C=O) groups excluding carboxylic acids is 1. The van der Waals surface area contributed by atoms with Crippen LogP contribution in [0.15, 0.2) is 12.7 Å². The number of esters is 1. The Hall–Kier alpha value is -0.830. The van der Waals surface area contributed by atoms with E-state index in [1.165, 1.54) is 12.5 Å². The van der Waals surface area contributed by atoms with E-state index in [0.717, 1.165) is 25.7 Å². The second kappa shape index (κ2) is 5.15. The first kappa shape index (κ1) is 11.2. The van der Waals surface area contributed by atoms with Crippen molar-refractivity contribution in [3.05, 3.63) is 12.7 Å². The van der Waals surface area contributed by atoms with Crippen LogP contribution < -0.4 is 0 Å². The molecule has 14 heavy (non-hydrogen) atoms. The molecular formula is C11H18O3. The van der Waals surface area contributed by atoms with Gasteiger partial charge in [0.2, 0.25) is 5.79 Å². The molecule has 0 bridgehead atoms. The van der Waals surface area contributed by atoms with Crippen LogP contribution in [0.25, 0.3) is 0 Å². The van der Waals surface area contributed by atoms with E-state index < -0.39 is 5.79 Å². The first-order chi connectivity index (χ1) is 6.72. The van der Waals surface area contributed by atoms with Crippen LogP contribution in [-0.2, 0) is 14.3 Å². The normalized spacial score (nSPS) is 20.1. The van der Waals surface area contributed by atoms with Crippen molar-refractivity contribution in [3.63, 3.8) is 0 Å². The van der Waals surface area contributed by atoms with Crippen molar-refractivity contribution in [2.45, 2.75) is 44.8 Å². The van der Waals surface area contributed by atoms with Gasteiger partial charge in [0, 0.05) is 25.5 Å². The van der Waals surface area contributed by atoms with Gasteiger partial charge in [0.1, 0.15) is 0 Å². The molecule has 1 aliphatic carbocycles. The standard InChI is InChI=1S/C11H18O3/c1-3-10(12)14-11(13-4-2)8-6-5-7-9-11/h3H,1,4-9H2,2H3. The van der Waals surface area contributed by atoms with Crippen molar-refractivity contribution in [3.8, 4) is 0 Å². The molecule has 1 rings (SSSR count). The summed E-state index contributed by atoms with van der Waals surface area (Å²) in [5.74, 6) is -1.06. The topological polar surface area (TPSA) is 35.5 Å². The highest BCUT2D eigenvalue weighted by Gasteiger charge is 2.35. The van der Waals surface area contributed by atoms with Crippen molar-refractivity contribution in [1.82, 2.24) is 0 Å². The smallest absolute Gasteiger partial charge is 0.332 e. The van der Waals surface area contributed by atoms with Crippen LogP contribution in [0, 0.1) is 0 Å². The summed E-state index contributed by atoms with van der Waals surface area (Å²) >= 11 is 0. The minimum atomic E-state index is -0.668. The van der Waals surface area contributed by atoms with Crippen LogP contribution in [0.5, 0.6) is 0 Å². The van der Waals surface area contributed by atoms with Gasteiger partial charge >= 0.3 is 5.97 Å². The molecule has 0 aromatic heterocycles. The SMILES string of the molecule is C=CC(=O)OC1(OCC)CCCCC1. The predicted octanol–water partition coefficient (Wildman–Crippen LogP) is 2.41. The number of rotatable bonds is 4. The molecule has 1 aliphatic rings. The maximum atomic E-state index is 11.1. The van der Waals surface area contributed by atoms with Crippen LogP contribution in [0.3, 0.4) is 0 Å². The lowest BCUT2D eigenvalue weighted by Crippen LogP contribution is -2.39. The average Bonchev–Trinajstić information content (AvgIpc) is 2.19. The molecule has 3 heteroatoms. The minimum Gasteiger partial charge on any atom is -0.430 e. The maximum Gasteiger partial charge on any atom is 0.332 e. The quantitative estimate of drug-likeness (QED) is 0.395. The molecule has 0 aromatic rings. The number of hydrogen-bond acceptors (Lipinski definition) is 3. The highest BCUT2D eigenvalue weighted by Crippen LogP contribution is 2.32. The summed E-state index contributed by atoms with van der Waals surface area (Å²) in [7, 11) is 0. The highest BCUT2D eigenvalue weighted by molar-refractivity contribution is 5.81. The summed E-state index contributed by atoms with van der Waals surface area (Å²) in [6.07, 6.45) is 6.12. The molecule has 80 valence electrons. The van der Waals surface area contributed by atoms with Crippen molar-refractivity contribution in [2.24, 2.45) is 0 Å². The Bertz CT molecular complexity index is 199. The molecule has 3 nitrogen and oxygen atoms in total. The van der Waals surface area contributed by atoms with E-state index in [-0.39, 0.29) is 5.97 Å². The van der Waals surface area contributed by atoms with E-state index in [9.17, 15) is 4.79 Å². The van der Waals surface area contributed by atoms with Gasteiger partial charge in [-0.05, 0) is 19.8 Å². The summed E-state index contributed by atoms with van der Waals surface area (Å²) in [6, 6.07) is 0. The molecular weight excluding hydrogens is 180 g/mol. The second-order valence-electron chi connectivity index (χ2n) is 3.53. The Balaban J connectivity index is 2.59. The van der Waals surface area contributed by atoms with Gasteiger partial charge in [0.05, 0.1) is 0 Å². The molecule has 0 amide bonds.